The zero-order valence-electron chi connectivity index (χ0n) is 10.7. The molecule has 5 heteroatoms. The molecule has 1 heterocycles. The first-order valence-corrected chi connectivity index (χ1v) is 6.39. The van der Waals surface area contributed by atoms with E-state index in [2.05, 4.69) is 9.97 Å². The van der Waals surface area contributed by atoms with E-state index in [1.807, 2.05) is 6.92 Å². The Labute approximate surface area is 115 Å². The van der Waals surface area contributed by atoms with Gasteiger partial charge in [0.1, 0.15) is 22.6 Å². The summed E-state index contributed by atoms with van der Waals surface area (Å²) in [5.41, 5.74) is 1.01. The Morgan fingerprint density at radius 2 is 1.95 bits per heavy atom. The van der Waals surface area contributed by atoms with Gasteiger partial charge in [-0.2, -0.15) is 0 Å². The van der Waals surface area contributed by atoms with Crippen molar-refractivity contribution in [1.29, 1.82) is 0 Å². The molecule has 19 heavy (non-hydrogen) atoms. The molecule has 0 bridgehead atoms. The van der Waals surface area contributed by atoms with Gasteiger partial charge in [0.25, 0.3) is 0 Å². The third-order valence-corrected chi connectivity index (χ3v) is 3.16. The molecule has 0 N–H and O–H groups in total. The number of aryl methyl sites for hydroxylation is 1. The van der Waals surface area contributed by atoms with Crippen LogP contribution in [0, 0.1) is 18.6 Å². The van der Waals surface area contributed by atoms with Crippen LogP contribution in [0.3, 0.4) is 0 Å². The minimum absolute atomic E-state index is 0.110. The van der Waals surface area contributed by atoms with Crippen molar-refractivity contribution in [2.24, 2.45) is 0 Å². The van der Waals surface area contributed by atoms with Crippen molar-refractivity contribution in [2.45, 2.75) is 26.7 Å². The highest BCUT2D eigenvalue weighted by Gasteiger charge is 2.15. The van der Waals surface area contributed by atoms with Crippen molar-refractivity contribution in [3.63, 3.8) is 0 Å². The van der Waals surface area contributed by atoms with E-state index in [0.29, 0.717) is 23.5 Å². The summed E-state index contributed by atoms with van der Waals surface area (Å²) in [7, 11) is 0. The number of nitrogens with zero attached hydrogens (tertiary/aromatic N) is 2. The SMILES string of the molecule is CCCc1nc(Cl)c(C)c(-c2cc(F)ccc2F)n1. The highest BCUT2D eigenvalue weighted by Crippen LogP contribution is 2.28. The molecule has 0 unspecified atom stereocenters. The lowest BCUT2D eigenvalue weighted by molar-refractivity contribution is 0.602. The lowest BCUT2D eigenvalue weighted by atomic mass is 10.1. The molecule has 0 saturated heterocycles. The smallest absolute Gasteiger partial charge is 0.136 e. The standard InChI is InChI=1S/C14H13ClF2N2/c1-3-4-12-18-13(8(2)14(15)19-12)10-7-9(16)5-6-11(10)17/h5-7H,3-4H2,1-2H3. The van der Waals surface area contributed by atoms with Gasteiger partial charge < -0.3 is 0 Å². The molecule has 0 atom stereocenters. The van der Waals surface area contributed by atoms with Crippen molar-refractivity contribution >= 4 is 11.6 Å². The molecule has 2 aromatic rings. The average molecular weight is 283 g/mol. The van der Waals surface area contributed by atoms with Crippen LogP contribution in [0.5, 0.6) is 0 Å². The predicted molar refractivity (Wildman–Crippen MR) is 71.1 cm³/mol. The minimum Gasteiger partial charge on any atom is -0.232 e. The van der Waals surface area contributed by atoms with Crippen LogP contribution in [-0.4, -0.2) is 9.97 Å². The summed E-state index contributed by atoms with van der Waals surface area (Å²) in [5, 5.41) is 0.275. The molecular weight excluding hydrogens is 270 g/mol. The van der Waals surface area contributed by atoms with Gasteiger partial charge in [-0.1, -0.05) is 18.5 Å². The number of hydrogen-bond donors (Lipinski definition) is 0. The van der Waals surface area contributed by atoms with Gasteiger partial charge in [-0.25, -0.2) is 18.7 Å². The van der Waals surface area contributed by atoms with Gasteiger partial charge in [0.2, 0.25) is 0 Å². The van der Waals surface area contributed by atoms with E-state index in [1.54, 1.807) is 6.92 Å². The van der Waals surface area contributed by atoms with Gasteiger partial charge >= 0.3 is 0 Å². The lowest BCUT2D eigenvalue weighted by Crippen LogP contribution is -2.02. The molecule has 0 radical (unpaired) electrons. The predicted octanol–water partition coefficient (Wildman–Crippen LogP) is 4.34. The van der Waals surface area contributed by atoms with Gasteiger partial charge in [-0.3, -0.25) is 0 Å². The van der Waals surface area contributed by atoms with Gasteiger partial charge in [-0.15, -0.1) is 0 Å². The van der Waals surface area contributed by atoms with E-state index in [0.717, 1.165) is 24.6 Å². The molecule has 0 spiro atoms. The second-order valence-corrected chi connectivity index (χ2v) is 4.64. The first kappa shape index (κ1) is 13.9. The summed E-state index contributed by atoms with van der Waals surface area (Å²) in [6, 6.07) is 3.28. The highest BCUT2D eigenvalue weighted by atomic mass is 35.5. The molecule has 0 aliphatic heterocycles. The number of halogens is 3. The van der Waals surface area contributed by atoms with E-state index in [1.165, 1.54) is 0 Å². The topological polar surface area (TPSA) is 25.8 Å². The molecule has 2 rings (SSSR count). The summed E-state index contributed by atoms with van der Waals surface area (Å²) in [4.78, 5) is 8.43. The van der Waals surface area contributed by atoms with E-state index >= 15 is 0 Å². The van der Waals surface area contributed by atoms with Gasteiger partial charge in [0.05, 0.1) is 5.69 Å². The van der Waals surface area contributed by atoms with E-state index in [9.17, 15) is 8.78 Å². The fourth-order valence-corrected chi connectivity index (χ4v) is 2.00. The Balaban J connectivity index is 2.63. The van der Waals surface area contributed by atoms with Crippen LogP contribution in [0.25, 0.3) is 11.3 Å². The van der Waals surface area contributed by atoms with Crippen LogP contribution in [0.1, 0.15) is 24.7 Å². The maximum Gasteiger partial charge on any atom is 0.136 e. The zero-order chi connectivity index (χ0) is 14.0. The molecule has 0 aliphatic rings. The Bertz CT molecular complexity index is 615. The number of benzene rings is 1. The molecule has 0 fully saturated rings. The third kappa shape index (κ3) is 2.89. The molecule has 0 aliphatic carbocycles. The van der Waals surface area contributed by atoms with Crippen LogP contribution in [0.15, 0.2) is 18.2 Å². The van der Waals surface area contributed by atoms with E-state index in [4.69, 9.17) is 11.6 Å². The molecule has 2 nitrogen and oxygen atoms in total. The summed E-state index contributed by atoms with van der Waals surface area (Å²) >= 11 is 6.03. The Morgan fingerprint density at radius 1 is 1.21 bits per heavy atom. The molecule has 100 valence electrons. The largest absolute Gasteiger partial charge is 0.232 e. The summed E-state index contributed by atoms with van der Waals surface area (Å²) in [5.74, 6) is -0.499. The molecule has 0 amide bonds. The van der Waals surface area contributed by atoms with Crippen molar-refractivity contribution in [2.75, 3.05) is 0 Å². The first-order chi connectivity index (χ1) is 9.02. The average Bonchev–Trinajstić information content (AvgIpc) is 2.37. The van der Waals surface area contributed by atoms with Crippen LogP contribution < -0.4 is 0 Å². The molecule has 1 aromatic heterocycles. The zero-order valence-corrected chi connectivity index (χ0v) is 11.4. The van der Waals surface area contributed by atoms with E-state index in [-0.39, 0.29) is 10.7 Å². The molecule has 0 saturated carbocycles. The quantitative estimate of drug-likeness (QED) is 0.783. The van der Waals surface area contributed by atoms with Crippen LogP contribution in [0.2, 0.25) is 5.15 Å². The fourth-order valence-electron chi connectivity index (χ4n) is 1.81. The van der Waals surface area contributed by atoms with Crippen LogP contribution in [0.4, 0.5) is 8.78 Å². The Hall–Kier alpha value is -1.55. The van der Waals surface area contributed by atoms with Crippen LogP contribution in [-0.2, 0) is 6.42 Å². The highest BCUT2D eigenvalue weighted by molar-refractivity contribution is 6.30. The Kier molecular flexibility index (Phi) is 4.10. The fraction of sp³-hybridized carbons (Fsp3) is 0.286. The van der Waals surface area contributed by atoms with Crippen molar-refractivity contribution < 1.29 is 8.78 Å². The Morgan fingerprint density at radius 3 is 2.63 bits per heavy atom. The monoisotopic (exact) mass is 282 g/mol. The maximum atomic E-state index is 13.8. The normalized spacial score (nSPS) is 10.8. The second kappa shape index (κ2) is 5.61. The second-order valence-electron chi connectivity index (χ2n) is 4.28. The van der Waals surface area contributed by atoms with Crippen molar-refractivity contribution in [3.8, 4) is 11.3 Å². The summed E-state index contributed by atoms with van der Waals surface area (Å²) in [6.45, 7) is 3.68. The van der Waals surface area contributed by atoms with Gasteiger partial charge in [0.15, 0.2) is 0 Å². The maximum absolute atomic E-state index is 13.8. The minimum atomic E-state index is -0.526. The van der Waals surface area contributed by atoms with Crippen molar-refractivity contribution in [3.05, 3.63) is 46.4 Å². The first-order valence-electron chi connectivity index (χ1n) is 6.01. The van der Waals surface area contributed by atoms with Gasteiger partial charge in [-0.05, 0) is 31.5 Å². The number of hydrogen-bond acceptors (Lipinski definition) is 2. The van der Waals surface area contributed by atoms with Gasteiger partial charge in [0, 0.05) is 17.5 Å². The van der Waals surface area contributed by atoms with E-state index < -0.39 is 11.6 Å². The molecule has 1 aromatic carbocycles. The van der Waals surface area contributed by atoms with Crippen molar-refractivity contribution in [1.82, 2.24) is 9.97 Å². The summed E-state index contributed by atoms with van der Waals surface area (Å²) in [6.07, 6.45) is 1.49. The third-order valence-electron chi connectivity index (χ3n) is 2.79. The number of aromatic nitrogens is 2. The molecular formula is C14H13ClF2N2. The lowest BCUT2D eigenvalue weighted by Gasteiger charge is -2.10. The number of rotatable bonds is 3. The van der Waals surface area contributed by atoms with Crippen LogP contribution >= 0.6 is 11.6 Å². The summed E-state index contributed by atoms with van der Waals surface area (Å²) < 4.78 is 27.1.